The van der Waals surface area contributed by atoms with E-state index in [2.05, 4.69) is 17.6 Å². The van der Waals surface area contributed by atoms with Gasteiger partial charge in [-0.15, -0.1) is 0 Å². The van der Waals surface area contributed by atoms with E-state index >= 15 is 0 Å². The fraction of sp³-hybridized carbons (Fsp3) is 0.467. The van der Waals surface area contributed by atoms with Gasteiger partial charge < -0.3 is 15.7 Å². The molecule has 0 radical (unpaired) electrons. The number of para-hydroxylation sites is 1. The van der Waals surface area contributed by atoms with Gasteiger partial charge in [-0.05, 0) is 43.7 Å². The molecule has 2 rings (SSSR count). The molecule has 3 N–H and O–H groups in total. The fourth-order valence-electron chi connectivity index (χ4n) is 2.58. The normalized spacial score (nSPS) is 25.1. The summed E-state index contributed by atoms with van der Waals surface area (Å²) in [4.78, 5) is 23.6. The molecule has 0 bridgehead atoms. The van der Waals surface area contributed by atoms with Crippen LogP contribution in [0.25, 0.3) is 0 Å². The van der Waals surface area contributed by atoms with E-state index in [1.165, 1.54) is 0 Å². The molecule has 2 amide bonds. The van der Waals surface area contributed by atoms with Gasteiger partial charge in [-0.2, -0.15) is 0 Å². The minimum absolute atomic E-state index is 0.411. The third kappa shape index (κ3) is 3.67. The van der Waals surface area contributed by atoms with Gasteiger partial charge in [-0.1, -0.05) is 30.7 Å². The number of nitrogens with one attached hydrogen (secondary N) is 2. The number of rotatable bonds is 3. The lowest BCUT2D eigenvalue weighted by atomic mass is 9.77. The molecule has 114 valence electrons. The summed E-state index contributed by atoms with van der Waals surface area (Å²) in [5, 5.41) is 15.1. The Morgan fingerprint density at radius 2 is 1.90 bits per heavy atom. The summed E-state index contributed by atoms with van der Waals surface area (Å²) in [6, 6.07) is 6.29. The van der Waals surface area contributed by atoms with Crippen molar-refractivity contribution < 1.29 is 14.7 Å². The van der Waals surface area contributed by atoms with Gasteiger partial charge in [0, 0.05) is 0 Å². The molecule has 1 aliphatic carbocycles. The zero-order chi connectivity index (χ0) is 15.5. The molecule has 5 nitrogen and oxygen atoms in total. The van der Waals surface area contributed by atoms with E-state index in [-0.39, 0.29) is 0 Å². The second kappa shape index (κ2) is 6.35. The van der Waals surface area contributed by atoms with Crippen molar-refractivity contribution >= 4 is 29.3 Å². The van der Waals surface area contributed by atoms with Crippen molar-refractivity contribution in [2.75, 3.05) is 5.32 Å². The Kier molecular flexibility index (Phi) is 4.73. The van der Waals surface area contributed by atoms with E-state index < -0.39 is 17.5 Å². The highest BCUT2D eigenvalue weighted by Gasteiger charge is 2.42. The average molecular weight is 311 g/mol. The van der Waals surface area contributed by atoms with Crippen molar-refractivity contribution in [3.8, 4) is 0 Å². The first-order chi connectivity index (χ1) is 9.93. The molecular weight excluding hydrogens is 292 g/mol. The number of halogens is 1. The number of amides is 2. The van der Waals surface area contributed by atoms with Crippen LogP contribution in [0.1, 0.15) is 32.6 Å². The van der Waals surface area contributed by atoms with Gasteiger partial charge >= 0.3 is 12.0 Å². The summed E-state index contributed by atoms with van der Waals surface area (Å²) in [5.74, 6) is -0.491. The number of aliphatic carboxylic acids is 1. The second-order valence-corrected chi connectivity index (χ2v) is 6.04. The molecule has 0 unspecified atom stereocenters. The number of carboxylic acid groups (broad SMARTS) is 1. The van der Waals surface area contributed by atoms with Crippen LogP contribution in [0.4, 0.5) is 10.5 Å². The van der Waals surface area contributed by atoms with Crippen LogP contribution < -0.4 is 10.6 Å². The highest BCUT2D eigenvalue weighted by Crippen LogP contribution is 2.32. The van der Waals surface area contributed by atoms with E-state index in [0.29, 0.717) is 29.5 Å². The molecule has 1 aromatic carbocycles. The van der Waals surface area contributed by atoms with E-state index in [1.54, 1.807) is 24.3 Å². The monoisotopic (exact) mass is 310 g/mol. The van der Waals surface area contributed by atoms with Gasteiger partial charge in [0.05, 0.1) is 10.7 Å². The van der Waals surface area contributed by atoms with Gasteiger partial charge in [0.1, 0.15) is 5.54 Å². The lowest BCUT2D eigenvalue weighted by Crippen LogP contribution is -2.57. The Balaban J connectivity index is 2.06. The second-order valence-electron chi connectivity index (χ2n) is 5.63. The molecule has 1 fully saturated rings. The molecule has 1 aliphatic rings. The first-order valence-corrected chi connectivity index (χ1v) is 7.38. The van der Waals surface area contributed by atoms with E-state index in [9.17, 15) is 14.7 Å². The van der Waals surface area contributed by atoms with Crippen LogP contribution in [0.3, 0.4) is 0 Å². The summed E-state index contributed by atoms with van der Waals surface area (Å²) >= 11 is 5.97. The molecule has 0 aliphatic heterocycles. The summed E-state index contributed by atoms with van der Waals surface area (Å²) in [7, 11) is 0. The van der Waals surface area contributed by atoms with Crippen molar-refractivity contribution in [2.45, 2.75) is 38.1 Å². The summed E-state index contributed by atoms with van der Waals surface area (Å²) < 4.78 is 0. The molecule has 0 spiro atoms. The zero-order valence-corrected chi connectivity index (χ0v) is 12.6. The molecule has 6 heteroatoms. The Morgan fingerprint density at radius 1 is 1.29 bits per heavy atom. The predicted molar refractivity (Wildman–Crippen MR) is 81.6 cm³/mol. The highest BCUT2D eigenvalue weighted by molar-refractivity contribution is 6.33. The Morgan fingerprint density at radius 3 is 2.48 bits per heavy atom. The number of anilines is 1. The van der Waals surface area contributed by atoms with Gasteiger partial charge in [0.15, 0.2) is 0 Å². The van der Waals surface area contributed by atoms with Gasteiger partial charge in [0.2, 0.25) is 0 Å². The van der Waals surface area contributed by atoms with Crippen LogP contribution in [0, 0.1) is 5.92 Å². The Hall–Kier alpha value is -1.75. The molecule has 1 aromatic rings. The molecule has 1 saturated carbocycles. The van der Waals surface area contributed by atoms with Gasteiger partial charge in [-0.25, -0.2) is 9.59 Å². The number of hydrogen-bond acceptors (Lipinski definition) is 2. The van der Waals surface area contributed by atoms with Gasteiger partial charge in [-0.3, -0.25) is 0 Å². The fourth-order valence-corrected chi connectivity index (χ4v) is 2.76. The number of carbonyl (C=O) groups excluding carboxylic acids is 1. The Labute approximate surface area is 128 Å². The van der Waals surface area contributed by atoms with E-state index in [0.717, 1.165) is 12.8 Å². The zero-order valence-electron chi connectivity index (χ0n) is 11.9. The molecule has 0 aromatic heterocycles. The maximum atomic E-state index is 12.1. The minimum atomic E-state index is -1.18. The maximum Gasteiger partial charge on any atom is 0.329 e. The van der Waals surface area contributed by atoms with Crippen molar-refractivity contribution in [3.63, 3.8) is 0 Å². The van der Waals surface area contributed by atoms with Crippen molar-refractivity contribution in [2.24, 2.45) is 5.92 Å². The van der Waals surface area contributed by atoms with Crippen molar-refractivity contribution in [1.82, 2.24) is 5.32 Å². The topological polar surface area (TPSA) is 78.4 Å². The lowest BCUT2D eigenvalue weighted by molar-refractivity contribution is -0.146. The standard InChI is InChI=1S/C15H19ClN2O3/c1-10-6-8-15(9-7-10,13(19)20)18-14(21)17-12-5-3-2-4-11(12)16/h2-5,10H,6-9H2,1H3,(H,19,20)(H2,17,18,21). The first kappa shape index (κ1) is 15.6. The SMILES string of the molecule is CC1CCC(NC(=O)Nc2ccccc2Cl)(C(=O)O)CC1. The maximum absolute atomic E-state index is 12.1. The smallest absolute Gasteiger partial charge is 0.329 e. The van der Waals surface area contributed by atoms with Crippen LogP contribution in [0.15, 0.2) is 24.3 Å². The summed E-state index contributed by atoms with van der Waals surface area (Å²) in [6.07, 6.45) is 2.47. The van der Waals surface area contributed by atoms with Crippen LogP contribution >= 0.6 is 11.6 Å². The van der Waals surface area contributed by atoms with Gasteiger partial charge in [0.25, 0.3) is 0 Å². The number of carboxylic acids is 1. The van der Waals surface area contributed by atoms with Crippen LogP contribution in [0.5, 0.6) is 0 Å². The molecule has 0 heterocycles. The number of benzene rings is 1. The number of carbonyl (C=O) groups is 2. The first-order valence-electron chi connectivity index (χ1n) is 7.00. The van der Waals surface area contributed by atoms with Crippen molar-refractivity contribution in [1.29, 1.82) is 0 Å². The predicted octanol–water partition coefficient (Wildman–Crippen LogP) is 3.50. The quantitative estimate of drug-likeness (QED) is 0.799. The number of hydrogen-bond donors (Lipinski definition) is 3. The third-order valence-corrected chi connectivity index (χ3v) is 4.34. The molecule has 0 saturated heterocycles. The summed E-state index contributed by atoms with van der Waals surface area (Å²) in [5.41, 5.74) is -0.723. The van der Waals surface area contributed by atoms with E-state index in [4.69, 9.17) is 11.6 Å². The van der Waals surface area contributed by atoms with Crippen LogP contribution in [-0.2, 0) is 4.79 Å². The lowest BCUT2D eigenvalue weighted by Gasteiger charge is -2.36. The van der Waals surface area contributed by atoms with Crippen LogP contribution in [-0.4, -0.2) is 22.6 Å². The average Bonchev–Trinajstić information content (AvgIpc) is 2.44. The van der Waals surface area contributed by atoms with Crippen molar-refractivity contribution in [3.05, 3.63) is 29.3 Å². The third-order valence-electron chi connectivity index (χ3n) is 4.01. The Bertz CT molecular complexity index is 539. The minimum Gasteiger partial charge on any atom is -0.480 e. The summed E-state index contributed by atoms with van der Waals surface area (Å²) in [6.45, 7) is 2.09. The molecular formula is C15H19ClN2O3. The molecule has 21 heavy (non-hydrogen) atoms. The van der Waals surface area contributed by atoms with E-state index in [1.807, 2.05) is 0 Å². The number of urea groups is 1. The highest BCUT2D eigenvalue weighted by atomic mass is 35.5. The largest absolute Gasteiger partial charge is 0.480 e. The van der Waals surface area contributed by atoms with Crippen LogP contribution in [0.2, 0.25) is 5.02 Å². The molecule has 0 atom stereocenters.